The van der Waals surface area contributed by atoms with Gasteiger partial charge >= 0.3 is 0 Å². The van der Waals surface area contributed by atoms with Crippen molar-refractivity contribution in [1.82, 2.24) is 5.32 Å². The first-order chi connectivity index (χ1) is 7.33. The van der Waals surface area contributed by atoms with E-state index < -0.39 is 0 Å². The standard InChI is InChI=1S/C12H24N2O.ClH/c13-9-4-2-1-3-5-12(15)14-10-8-11-6-7-11;/h11H,1-10,13H2,(H,14,15);1H. The second kappa shape index (κ2) is 9.91. The zero-order valence-electron chi connectivity index (χ0n) is 10.0. The summed E-state index contributed by atoms with van der Waals surface area (Å²) < 4.78 is 0. The van der Waals surface area contributed by atoms with Gasteiger partial charge in [-0.15, -0.1) is 12.4 Å². The van der Waals surface area contributed by atoms with E-state index in [0.717, 1.165) is 44.7 Å². The molecule has 1 aliphatic carbocycles. The molecule has 0 aromatic rings. The van der Waals surface area contributed by atoms with Crippen LogP contribution in [0.15, 0.2) is 0 Å². The van der Waals surface area contributed by atoms with E-state index in [9.17, 15) is 4.79 Å². The second-order valence-electron chi connectivity index (χ2n) is 4.53. The molecule has 0 heterocycles. The van der Waals surface area contributed by atoms with Gasteiger partial charge in [0.05, 0.1) is 0 Å². The summed E-state index contributed by atoms with van der Waals surface area (Å²) in [6.07, 6.45) is 9.00. The average Bonchev–Trinajstić information content (AvgIpc) is 3.01. The lowest BCUT2D eigenvalue weighted by Crippen LogP contribution is -2.24. The smallest absolute Gasteiger partial charge is 0.219 e. The molecule has 1 saturated carbocycles. The average molecular weight is 249 g/mol. The minimum atomic E-state index is 0. The third kappa shape index (κ3) is 8.98. The van der Waals surface area contributed by atoms with Crippen molar-refractivity contribution in [2.75, 3.05) is 13.1 Å². The van der Waals surface area contributed by atoms with Gasteiger partial charge in [0.1, 0.15) is 0 Å². The lowest BCUT2D eigenvalue weighted by atomic mass is 10.1. The number of rotatable bonds is 9. The summed E-state index contributed by atoms with van der Waals surface area (Å²) >= 11 is 0. The molecule has 3 N–H and O–H groups in total. The number of nitrogens with two attached hydrogens (primary N) is 1. The van der Waals surface area contributed by atoms with Gasteiger partial charge in [-0.1, -0.05) is 25.7 Å². The first-order valence-electron chi connectivity index (χ1n) is 6.29. The quantitative estimate of drug-likeness (QED) is 0.615. The van der Waals surface area contributed by atoms with Crippen molar-refractivity contribution in [2.24, 2.45) is 11.7 Å². The van der Waals surface area contributed by atoms with E-state index in [0.29, 0.717) is 6.42 Å². The van der Waals surface area contributed by atoms with Crippen LogP contribution in [-0.2, 0) is 4.79 Å². The number of amides is 1. The topological polar surface area (TPSA) is 55.1 Å². The summed E-state index contributed by atoms with van der Waals surface area (Å²) in [7, 11) is 0. The Bertz CT molecular complexity index is 184. The number of carbonyl (C=O) groups is 1. The Morgan fingerprint density at radius 2 is 1.88 bits per heavy atom. The molecule has 1 aliphatic rings. The molecule has 96 valence electrons. The normalized spacial score (nSPS) is 14.3. The monoisotopic (exact) mass is 248 g/mol. The van der Waals surface area contributed by atoms with E-state index >= 15 is 0 Å². The lowest BCUT2D eigenvalue weighted by Gasteiger charge is -2.04. The van der Waals surface area contributed by atoms with Gasteiger partial charge in [0.2, 0.25) is 5.91 Å². The zero-order valence-corrected chi connectivity index (χ0v) is 10.9. The van der Waals surface area contributed by atoms with Crippen LogP contribution in [-0.4, -0.2) is 19.0 Å². The van der Waals surface area contributed by atoms with Crippen molar-refractivity contribution >= 4 is 18.3 Å². The molecule has 4 heteroatoms. The predicted octanol–water partition coefficient (Wildman–Crippen LogP) is 2.23. The Kier molecular flexibility index (Phi) is 9.74. The highest BCUT2D eigenvalue weighted by atomic mass is 35.5. The highest BCUT2D eigenvalue weighted by Gasteiger charge is 2.20. The summed E-state index contributed by atoms with van der Waals surface area (Å²) in [5.41, 5.74) is 5.39. The van der Waals surface area contributed by atoms with Gasteiger partial charge in [-0.3, -0.25) is 4.79 Å². The first kappa shape index (κ1) is 15.7. The van der Waals surface area contributed by atoms with Crippen LogP contribution in [0.25, 0.3) is 0 Å². The van der Waals surface area contributed by atoms with Crippen LogP contribution in [0.2, 0.25) is 0 Å². The van der Waals surface area contributed by atoms with Crippen molar-refractivity contribution in [1.29, 1.82) is 0 Å². The van der Waals surface area contributed by atoms with Crippen molar-refractivity contribution < 1.29 is 4.79 Å². The van der Waals surface area contributed by atoms with Crippen molar-refractivity contribution in [3.63, 3.8) is 0 Å². The Labute approximate surface area is 105 Å². The fraction of sp³-hybridized carbons (Fsp3) is 0.917. The Balaban J connectivity index is 0.00000225. The van der Waals surface area contributed by atoms with Crippen molar-refractivity contribution in [2.45, 2.75) is 51.4 Å². The number of halogens is 1. The number of hydrogen-bond acceptors (Lipinski definition) is 2. The molecule has 0 bridgehead atoms. The van der Waals surface area contributed by atoms with E-state index in [1.807, 2.05) is 0 Å². The summed E-state index contributed by atoms with van der Waals surface area (Å²) in [5, 5.41) is 2.98. The fourth-order valence-electron chi connectivity index (χ4n) is 1.69. The van der Waals surface area contributed by atoms with E-state index in [1.54, 1.807) is 0 Å². The largest absolute Gasteiger partial charge is 0.356 e. The third-order valence-electron chi connectivity index (χ3n) is 2.93. The maximum absolute atomic E-state index is 11.3. The van der Waals surface area contributed by atoms with Crippen LogP contribution >= 0.6 is 12.4 Å². The van der Waals surface area contributed by atoms with Gasteiger partial charge in [-0.25, -0.2) is 0 Å². The Morgan fingerprint density at radius 1 is 1.19 bits per heavy atom. The minimum absolute atomic E-state index is 0. The highest BCUT2D eigenvalue weighted by Crippen LogP contribution is 2.31. The Morgan fingerprint density at radius 3 is 2.50 bits per heavy atom. The zero-order chi connectivity index (χ0) is 10.9. The molecule has 1 rings (SSSR count). The van der Waals surface area contributed by atoms with Crippen LogP contribution < -0.4 is 11.1 Å². The van der Waals surface area contributed by atoms with E-state index in [2.05, 4.69) is 5.32 Å². The molecule has 3 nitrogen and oxygen atoms in total. The molecule has 1 fully saturated rings. The molecular formula is C12H25ClN2O. The summed E-state index contributed by atoms with van der Waals surface area (Å²) in [5.74, 6) is 1.14. The number of carbonyl (C=O) groups excluding carboxylic acids is 1. The fourth-order valence-corrected chi connectivity index (χ4v) is 1.69. The number of hydrogen-bond donors (Lipinski definition) is 2. The van der Waals surface area contributed by atoms with Crippen LogP contribution in [0.1, 0.15) is 51.4 Å². The molecule has 16 heavy (non-hydrogen) atoms. The Hall–Kier alpha value is -0.280. The number of unbranched alkanes of at least 4 members (excludes halogenated alkanes) is 3. The van der Waals surface area contributed by atoms with E-state index in [4.69, 9.17) is 5.73 Å². The summed E-state index contributed by atoms with van der Waals surface area (Å²) in [4.78, 5) is 11.3. The van der Waals surface area contributed by atoms with Gasteiger partial charge < -0.3 is 11.1 Å². The lowest BCUT2D eigenvalue weighted by molar-refractivity contribution is -0.121. The second-order valence-corrected chi connectivity index (χ2v) is 4.53. The first-order valence-corrected chi connectivity index (χ1v) is 6.29. The minimum Gasteiger partial charge on any atom is -0.356 e. The van der Waals surface area contributed by atoms with Crippen LogP contribution in [0.5, 0.6) is 0 Å². The molecule has 0 saturated heterocycles. The SMILES string of the molecule is Cl.NCCCCCCC(=O)NCCC1CC1. The molecular weight excluding hydrogens is 224 g/mol. The van der Waals surface area contributed by atoms with Gasteiger partial charge in [0.25, 0.3) is 0 Å². The molecule has 0 spiro atoms. The van der Waals surface area contributed by atoms with Crippen LogP contribution in [0.3, 0.4) is 0 Å². The van der Waals surface area contributed by atoms with Crippen molar-refractivity contribution in [3.8, 4) is 0 Å². The molecule has 0 atom stereocenters. The molecule has 0 aliphatic heterocycles. The van der Waals surface area contributed by atoms with Gasteiger partial charge in [0, 0.05) is 13.0 Å². The van der Waals surface area contributed by atoms with Crippen molar-refractivity contribution in [3.05, 3.63) is 0 Å². The van der Waals surface area contributed by atoms with E-state index in [-0.39, 0.29) is 18.3 Å². The molecule has 1 amide bonds. The predicted molar refractivity (Wildman–Crippen MR) is 69.7 cm³/mol. The summed E-state index contributed by atoms with van der Waals surface area (Å²) in [6.45, 7) is 1.65. The van der Waals surface area contributed by atoms with Gasteiger partial charge in [0.15, 0.2) is 0 Å². The maximum Gasteiger partial charge on any atom is 0.219 e. The van der Waals surface area contributed by atoms with E-state index in [1.165, 1.54) is 19.3 Å². The maximum atomic E-state index is 11.3. The molecule has 0 radical (unpaired) electrons. The van der Waals surface area contributed by atoms with Crippen LogP contribution in [0.4, 0.5) is 0 Å². The summed E-state index contributed by atoms with van der Waals surface area (Å²) in [6, 6.07) is 0. The number of nitrogens with one attached hydrogen (secondary N) is 1. The molecule has 0 aromatic carbocycles. The highest BCUT2D eigenvalue weighted by molar-refractivity contribution is 5.85. The van der Waals surface area contributed by atoms with Gasteiger partial charge in [-0.05, 0) is 31.7 Å². The third-order valence-corrected chi connectivity index (χ3v) is 2.93. The molecule has 0 aromatic heterocycles. The van der Waals surface area contributed by atoms with Crippen LogP contribution in [0, 0.1) is 5.92 Å². The molecule has 0 unspecified atom stereocenters. The van der Waals surface area contributed by atoms with Gasteiger partial charge in [-0.2, -0.15) is 0 Å².